The fraction of sp³-hybridized carbons (Fsp3) is 0.263. The van der Waals surface area contributed by atoms with Gasteiger partial charge in [0.1, 0.15) is 12.4 Å². The highest BCUT2D eigenvalue weighted by Crippen LogP contribution is 2.22. The molecule has 0 radical (unpaired) electrons. The number of hydrogen-bond donors (Lipinski definition) is 1. The predicted molar refractivity (Wildman–Crippen MR) is 91.9 cm³/mol. The molecule has 4 nitrogen and oxygen atoms in total. The van der Waals surface area contributed by atoms with Crippen LogP contribution in [0.2, 0.25) is 0 Å². The van der Waals surface area contributed by atoms with Gasteiger partial charge in [0.25, 0.3) is 0 Å². The molecule has 0 aliphatic rings. The summed E-state index contributed by atoms with van der Waals surface area (Å²) in [6.45, 7) is 4.26. The third-order valence-electron chi connectivity index (χ3n) is 4.05. The Balaban J connectivity index is 1.75. The molecule has 5 heteroatoms. The van der Waals surface area contributed by atoms with E-state index in [0.29, 0.717) is 0 Å². The first-order chi connectivity index (χ1) is 11.5. The fourth-order valence-electron chi connectivity index (χ4n) is 2.82. The topological polar surface area (TPSA) is 46.9 Å². The minimum Gasteiger partial charge on any atom is -0.347 e. The number of fused-ring (bicyclic) bond motifs is 1. The van der Waals surface area contributed by atoms with Crippen LogP contribution in [0.25, 0.3) is 11.0 Å². The van der Waals surface area contributed by atoms with Crippen LogP contribution >= 0.6 is 0 Å². The lowest BCUT2D eigenvalue weighted by molar-refractivity contribution is -0.122. The van der Waals surface area contributed by atoms with E-state index in [1.165, 1.54) is 12.1 Å². The number of amides is 1. The number of aromatic nitrogens is 2. The van der Waals surface area contributed by atoms with Crippen molar-refractivity contribution in [2.24, 2.45) is 5.92 Å². The molecule has 1 aromatic heterocycles. The van der Waals surface area contributed by atoms with Crippen molar-refractivity contribution in [3.8, 4) is 0 Å². The van der Waals surface area contributed by atoms with Crippen LogP contribution in [0.15, 0.2) is 54.9 Å². The molecule has 1 N–H and O–H groups in total. The van der Waals surface area contributed by atoms with Gasteiger partial charge in [0.05, 0.1) is 23.4 Å². The third kappa shape index (κ3) is 3.45. The normalized spacial score (nSPS) is 12.5. The van der Waals surface area contributed by atoms with E-state index in [0.717, 1.165) is 16.6 Å². The molecule has 124 valence electrons. The maximum atomic E-state index is 13.1. The first-order valence-corrected chi connectivity index (χ1v) is 7.99. The molecular weight excluding hydrogens is 305 g/mol. The zero-order valence-electron chi connectivity index (χ0n) is 13.7. The van der Waals surface area contributed by atoms with Crippen LogP contribution in [-0.2, 0) is 11.3 Å². The van der Waals surface area contributed by atoms with E-state index in [-0.39, 0.29) is 30.2 Å². The second kappa shape index (κ2) is 6.83. The van der Waals surface area contributed by atoms with Gasteiger partial charge in [-0.05, 0) is 35.7 Å². The molecule has 1 amide bonds. The van der Waals surface area contributed by atoms with Gasteiger partial charge >= 0.3 is 0 Å². The van der Waals surface area contributed by atoms with Gasteiger partial charge in [-0.2, -0.15) is 0 Å². The molecule has 1 atom stereocenters. The number of rotatable bonds is 5. The van der Waals surface area contributed by atoms with Crippen LogP contribution in [0.1, 0.15) is 25.5 Å². The van der Waals surface area contributed by atoms with E-state index < -0.39 is 0 Å². The molecule has 0 spiro atoms. The van der Waals surface area contributed by atoms with E-state index in [9.17, 15) is 9.18 Å². The first-order valence-electron chi connectivity index (χ1n) is 7.99. The van der Waals surface area contributed by atoms with Crippen molar-refractivity contribution in [2.45, 2.75) is 26.4 Å². The van der Waals surface area contributed by atoms with Crippen molar-refractivity contribution in [3.05, 3.63) is 66.2 Å². The minimum absolute atomic E-state index is 0.0961. The SMILES string of the molecule is CC(C)[C@@H](NC(=O)Cn1cnc2ccccc21)c1ccc(F)cc1. The lowest BCUT2D eigenvalue weighted by Crippen LogP contribution is -2.34. The average molecular weight is 325 g/mol. The Labute approximate surface area is 140 Å². The van der Waals surface area contributed by atoms with Crippen molar-refractivity contribution in [1.82, 2.24) is 14.9 Å². The molecule has 0 aliphatic carbocycles. The highest BCUT2D eigenvalue weighted by molar-refractivity contribution is 5.80. The molecule has 24 heavy (non-hydrogen) atoms. The van der Waals surface area contributed by atoms with Gasteiger partial charge in [-0.1, -0.05) is 38.1 Å². The number of para-hydroxylation sites is 2. The van der Waals surface area contributed by atoms with E-state index in [1.54, 1.807) is 18.5 Å². The molecule has 0 bridgehead atoms. The summed E-state index contributed by atoms with van der Waals surface area (Å²) >= 11 is 0. The Hall–Kier alpha value is -2.69. The highest BCUT2D eigenvalue weighted by Gasteiger charge is 2.19. The standard InChI is InChI=1S/C19H20FN3O/c1-13(2)19(14-7-9-15(20)10-8-14)22-18(24)11-23-12-21-16-5-3-4-6-17(16)23/h3-10,12-13,19H,11H2,1-2H3,(H,22,24)/t19-/m1/s1. The quantitative estimate of drug-likeness (QED) is 0.778. The second-order valence-corrected chi connectivity index (χ2v) is 6.20. The summed E-state index contributed by atoms with van der Waals surface area (Å²) in [5.74, 6) is -0.183. The van der Waals surface area contributed by atoms with Crippen molar-refractivity contribution < 1.29 is 9.18 Å². The summed E-state index contributed by atoms with van der Waals surface area (Å²) in [6, 6.07) is 13.8. The van der Waals surface area contributed by atoms with Crippen LogP contribution in [0.3, 0.4) is 0 Å². The summed E-state index contributed by atoms with van der Waals surface area (Å²) in [6.07, 6.45) is 1.67. The highest BCUT2D eigenvalue weighted by atomic mass is 19.1. The van der Waals surface area contributed by atoms with Gasteiger partial charge in [0.2, 0.25) is 5.91 Å². The minimum atomic E-state index is -0.280. The molecule has 0 aliphatic heterocycles. The molecule has 0 unspecified atom stereocenters. The Morgan fingerprint density at radius 2 is 1.88 bits per heavy atom. The van der Waals surface area contributed by atoms with Crippen molar-refractivity contribution in [3.63, 3.8) is 0 Å². The van der Waals surface area contributed by atoms with Gasteiger partial charge in [-0.25, -0.2) is 9.37 Å². The average Bonchev–Trinajstić information content (AvgIpc) is 2.96. The number of nitrogens with zero attached hydrogens (tertiary/aromatic N) is 2. The molecule has 0 fully saturated rings. The maximum absolute atomic E-state index is 13.1. The number of imidazole rings is 1. The van der Waals surface area contributed by atoms with Crippen LogP contribution < -0.4 is 5.32 Å². The van der Waals surface area contributed by atoms with Crippen LogP contribution in [0, 0.1) is 11.7 Å². The first kappa shape index (κ1) is 16.2. The zero-order valence-corrected chi connectivity index (χ0v) is 13.7. The van der Waals surface area contributed by atoms with Gasteiger partial charge < -0.3 is 9.88 Å². The maximum Gasteiger partial charge on any atom is 0.240 e. The van der Waals surface area contributed by atoms with E-state index in [4.69, 9.17) is 0 Å². The number of halogens is 1. The molecule has 3 rings (SSSR count). The Morgan fingerprint density at radius 3 is 2.58 bits per heavy atom. The summed E-state index contributed by atoms with van der Waals surface area (Å²) < 4.78 is 14.9. The largest absolute Gasteiger partial charge is 0.347 e. The van der Waals surface area contributed by atoms with Gasteiger partial charge in [-0.15, -0.1) is 0 Å². The smallest absolute Gasteiger partial charge is 0.240 e. The molecule has 0 saturated heterocycles. The Bertz CT molecular complexity index is 839. The number of hydrogen-bond acceptors (Lipinski definition) is 2. The van der Waals surface area contributed by atoms with E-state index >= 15 is 0 Å². The van der Waals surface area contributed by atoms with Crippen LogP contribution in [0.5, 0.6) is 0 Å². The van der Waals surface area contributed by atoms with Gasteiger partial charge in [-0.3, -0.25) is 4.79 Å². The van der Waals surface area contributed by atoms with Crippen molar-refractivity contribution >= 4 is 16.9 Å². The summed E-state index contributed by atoms with van der Waals surface area (Å²) in [5.41, 5.74) is 2.69. The summed E-state index contributed by atoms with van der Waals surface area (Å²) in [7, 11) is 0. The zero-order chi connectivity index (χ0) is 17.1. The number of carbonyl (C=O) groups excluding carboxylic acids is 1. The molecule has 1 heterocycles. The van der Waals surface area contributed by atoms with Crippen LogP contribution in [0.4, 0.5) is 4.39 Å². The molecule has 2 aromatic carbocycles. The van der Waals surface area contributed by atoms with Gasteiger partial charge in [0, 0.05) is 0 Å². The number of carbonyl (C=O) groups is 1. The van der Waals surface area contributed by atoms with Crippen molar-refractivity contribution in [2.75, 3.05) is 0 Å². The fourth-order valence-corrected chi connectivity index (χ4v) is 2.82. The van der Waals surface area contributed by atoms with Gasteiger partial charge in [0.15, 0.2) is 0 Å². The summed E-state index contributed by atoms with van der Waals surface area (Å²) in [5, 5.41) is 3.05. The lowest BCUT2D eigenvalue weighted by Gasteiger charge is -2.23. The monoisotopic (exact) mass is 325 g/mol. The predicted octanol–water partition coefficient (Wildman–Crippen LogP) is 3.69. The third-order valence-corrected chi connectivity index (χ3v) is 4.05. The van der Waals surface area contributed by atoms with Crippen molar-refractivity contribution in [1.29, 1.82) is 0 Å². The Morgan fingerprint density at radius 1 is 1.17 bits per heavy atom. The molecule has 0 saturated carbocycles. The molecular formula is C19H20FN3O. The number of benzene rings is 2. The lowest BCUT2D eigenvalue weighted by atomic mass is 9.96. The Kier molecular flexibility index (Phi) is 4.60. The van der Waals surface area contributed by atoms with Crippen LogP contribution in [-0.4, -0.2) is 15.5 Å². The second-order valence-electron chi connectivity index (χ2n) is 6.20. The summed E-state index contributed by atoms with van der Waals surface area (Å²) in [4.78, 5) is 16.8. The van der Waals surface area contributed by atoms with E-state index in [2.05, 4.69) is 10.3 Å². The molecule has 3 aromatic rings. The number of nitrogens with one attached hydrogen (secondary N) is 1. The van der Waals surface area contributed by atoms with E-state index in [1.807, 2.05) is 42.7 Å².